The predicted molar refractivity (Wildman–Crippen MR) is 73.5 cm³/mol. The maximum atomic E-state index is 12.0. The van der Waals surface area contributed by atoms with Crippen LogP contribution in [0.3, 0.4) is 0 Å². The van der Waals surface area contributed by atoms with Crippen LogP contribution in [0.2, 0.25) is 0 Å². The lowest BCUT2D eigenvalue weighted by Gasteiger charge is -2.31. The lowest BCUT2D eigenvalue weighted by molar-refractivity contribution is -0.150. The largest absolute Gasteiger partial charge is 0.364 e. The Morgan fingerprint density at radius 3 is 1.94 bits per heavy atom. The van der Waals surface area contributed by atoms with E-state index in [2.05, 4.69) is 6.58 Å². The van der Waals surface area contributed by atoms with Gasteiger partial charge in [0.25, 0.3) is 0 Å². The van der Waals surface area contributed by atoms with E-state index < -0.39 is 17.1 Å². The fourth-order valence-electron chi connectivity index (χ4n) is 1.72. The summed E-state index contributed by atoms with van der Waals surface area (Å²) >= 11 is 0. The maximum absolute atomic E-state index is 12.0. The van der Waals surface area contributed by atoms with Gasteiger partial charge in [-0.1, -0.05) is 27.4 Å². The minimum Gasteiger partial charge on any atom is -0.364 e. The molecule has 0 aromatic carbocycles. The molecule has 0 radical (unpaired) electrons. The lowest BCUT2D eigenvalue weighted by Crippen LogP contribution is -2.39. The molecule has 0 aromatic rings. The van der Waals surface area contributed by atoms with Gasteiger partial charge in [0.05, 0.1) is 5.60 Å². The molecular formula is C15H26O3. The number of ether oxygens (including phenoxy) is 1. The zero-order valence-corrected chi connectivity index (χ0v) is 12.7. The van der Waals surface area contributed by atoms with Crippen LogP contribution in [0.25, 0.3) is 0 Å². The van der Waals surface area contributed by atoms with Gasteiger partial charge in [0.2, 0.25) is 0 Å². The molecule has 0 N–H and O–H groups in total. The fraction of sp³-hybridized carbons (Fsp3) is 0.733. The van der Waals surface area contributed by atoms with Crippen molar-refractivity contribution < 1.29 is 14.3 Å². The SMILES string of the molecule is C=C(C)C(=O)CC(C)(C)OC(C)C(=O)C(C)(C)C. The monoisotopic (exact) mass is 254 g/mol. The molecule has 0 aliphatic heterocycles. The van der Waals surface area contributed by atoms with E-state index in [4.69, 9.17) is 4.74 Å². The van der Waals surface area contributed by atoms with Crippen molar-refractivity contribution in [2.75, 3.05) is 0 Å². The number of rotatable bonds is 6. The van der Waals surface area contributed by atoms with Crippen molar-refractivity contribution >= 4 is 11.6 Å². The number of hydrogen-bond acceptors (Lipinski definition) is 3. The van der Waals surface area contributed by atoms with E-state index in [9.17, 15) is 9.59 Å². The Morgan fingerprint density at radius 2 is 1.61 bits per heavy atom. The quantitative estimate of drug-likeness (QED) is 0.683. The minimum absolute atomic E-state index is 0.0320. The van der Waals surface area contributed by atoms with Gasteiger partial charge in [-0.2, -0.15) is 0 Å². The molecule has 3 heteroatoms. The Labute approximate surface area is 111 Å². The third-order valence-corrected chi connectivity index (χ3v) is 2.67. The summed E-state index contributed by atoms with van der Waals surface area (Å²) < 4.78 is 5.74. The number of hydrogen-bond donors (Lipinski definition) is 0. The van der Waals surface area contributed by atoms with Crippen molar-refractivity contribution in [1.82, 2.24) is 0 Å². The van der Waals surface area contributed by atoms with Crippen molar-refractivity contribution in [3.8, 4) is 0 Å². The topological polar surface area (TPSA) is 43.4 Å². The number of carbonyl (C=O) groups excluding carboxylic acids is 2. The van der Waals surface area contributed by atoms with Gasteiger partial charge in [-0.25, -0.2) is 0 Å². The first-order chi connectivity index (χ1) is 7.87. The van der Waals surface area contributed by atoms with Crippen molar-refractivity contribution in [3.05, 3.63) is 12.2 Å². The molecule has 0 rings (SSSR count). The van der Waals surface area contributed by atoms with E-state index in [1.807, 2.05) is 34.6 Å². The molecule has 18 heavy (non-hydrogen) atoms. The van der Waals surface area contributed by atoms with Crippen LogP contribution < -0.4 is 0 Å². The Bertz CT molecular complexity index is 345. The molecule has 0 saturated carbocycles. The lowest BCUT2D eigenvalue weighted by atomic mass is 9.87. The van der Waals surface area contributed by atoms with Gasteiger partial charge >= 0.3 is 0 Å². The summed E-state index contributed by atoms with van der Waals surface area (Å²) in [4.78, 5) is 23.7. The molecule has 0 amide bonds. The highest BCUT2D eigenvalue weighted by atomic mass is 16.5. The van der Waals surface area contributed by atoms with Crippen LogP contribution in [-0.4, -0.2) is 23.3 Å². The van der Waals surface area contributed by atoms with Crippen LogP contribution in [0, 0.1) is 5.41 Å². The van der Waals surface area contributed by atoms with Crippen LogP contribution in [0.5, 0.6) is 0 Å². The van der Waals surface area contributed by atoms with Gasteiger partial charge in [0, 0.05) is 11.8 Å². The second-order valence-corrected chi connectivity index (χ2v) is 6.51. The molecule has 0 aliphatic carbocycles. The first-order valence-electron chi connectivity index (χ1n) is 6.27. The number of carbonyl (C=O) groups is 2. The maximum Gasteiger partial charge on any atom is 0.166 e. The average Bonchev–Trinajstić information content (AvgIpc) is 2.13. The molecule has 104 valence electrons. The molecular weight excluding hydrogens is 228 g/mol. The van der Waals surface area contributed by atoms with Crippen LogP contribution in [0.15, 0.2) is 12.2 Å². The summed E-state index contributed by atoms with van der Waals surface area (Å²) in [5.74, 6) is 0.00811. The van der Waals surface area contributed by atoms with Crippen LogP contribution >= 0.6 is 0 Å². The Balaban J connectivity index is 4.63. The summed E-state index contributed by atoms with van der Waals surface area (Å²) in [5.41, 5.74) is -0.578. The number of Topliss-reactive ketones (excluding diaryl/α,β-unsaturated/α-hetero) is 2. The highest BCUT2D eigenvalue weighted by Gasteiger charge is 2.32. The minimum atomic E-state index is -0.656. The van der Waals surface area contributed by atoms with Gasteiger partial charge in [0.1, 0.15) is 6.10 Å². The molecule has 0 saturated heterocycles. The fourth-order valence-corrected chi connectivity index (χ4v) is 1.72. The van der Waals surface area contributed by atoms with Gasteiger partial charge in [-0.05, 0) is 33.3 Å². The highest BCUT2D eigenvalue weighted by Crippen LogP contribution is 2.24. The predicted octanol–water partition coefficient (Wildman–Crippen LogP) is 3.32. The normalized spacial score (nSPS) is 14.2. The molecule has 3 nitrogen and oxygen atoms in total. The van der Waals surface area contributed by atoms with E-state index in [0.717, 1.165) is 0 Å². The van der Waals surface area contributed by atoms with Crippen LogP contribution in [0.1, 0.15) is 54.9 Å². The van der Waals surface area contributed by atoms with Gasteiger partial charge in [-0.3, -0.25) is 9.59 Å². The smallest absolute Gasteiger partial charge is 0.166 e. The molecule has 0 aliphatic rings. The van der Waals surface area contributed by atoms with Gasteiger partial charge in [0.15, 0.2) is 11.6 Å². The zero-order valence-electron chi connectivity index (χ0n) is 12.7. The average molecular weight is 254 g/mol. The van der Waals surface area contributed by atoms with Crippen LogP contribution in [0.4, 0.5) is 0 Å². The number of allylic oxidation sites excluding steroid dienone is 1. The first kappa shape index (κ1) is 17.0. The van der Waals surface area contributed by atoms with Crippen molar-refractivity contribution in [1.29, 1.82) is 0 Å². The van der Waals surface area contributed by atoms with E-state index in [-0.39, 0.29) is 18.0 Å². The summed E-state index contributed by atoms with van der Waals surface area (Å²) in [7, 11) is 0. The van der Waals surface area contributed by atoms with Gasteiger partial charge in [-0.15, -0.1) is 0 Å². The third-order valence-electron chi connectivity index (χ3n) is 2.67. The highest BCUT2D eigenvalue weighted by molar-refractivity contribution is 5.94. The van der Waals surface area contributed by atoms with E-state index >= 15 is 0 Å². The second kappa shape index (κ2) is 5.79. The van der Waals surface area contributed by atoms with Crippen LogP contribution in [-0.2, 0) is 14.3 Å². The van der Waals surface area contributed by atoms with E-state index in [0.29, 0.717) is 5.57 Å². The van der Waals surface area contributed by atoms with Gasteiger partial charge < -0.3 is 4.74 Å². The van der Waals surface area contributed by atoms with E-state index in [1.54, 1.807) is 13.8 Å². The van der Waals surface area contributed by atoms with Crippen molar-refractivity contribution in [2.45, 2.75) is 66.6 Å². The van der Waals surface area contributed by atoms with E-state index in [1.165, 1.54) is 0 Å². The molecule has 0 spiro atoms. The Kier molecular flexibility index (Phi) is 5.48. The first-order valence-corrected chi connectivity index (χ1v) is 6.27. The molecule has 1 atom stereocenters. The Hall–Kier alpha value is -0.960. The molecule has 0 fully saturated rings. The standard InChI is InChI=1S/C15H26O3/c1-10(2)12(16)9-15(7,8)18-11(3)13(17)14(4,5)6/h11H,1,9H2,2-8H3. The summed E-state index contributed by atoms with van der Waals surface area (Å²) in [6.07, 6.45) is -0.276. The summed E-state index contributed by atoms with van der Waals surface area (Å²) in [5, 5.41) is 0. The molecule has 0 bridgehead atoms. The van der Waals surface area contributed by atoms with Crippen molar-refractivity contribution in [3.63, 3.8) is 0 Å². The molecule has 0 aromatic heterocycles. The molecule has 1 unspecified atom stereocenters. The Morgan fingerprint density at radius 1 is 1.17 bits per heavy atom. The summed E-state index contributed by atoms with van der Waals surface area (Å²) in [6, 6.07) is 0. The summed E-state index contributed by atoms with van der Waals surface area (Å²) in [6.45, 7) is 16.3. The molecule has 0 heterocycles. The number of ketones is 2. The second-order valence-electron chi connectivity index (χ2n) is 6.51. The third kappa shape index (κ3) is 5.58. The zero-order chi connectivity index (χ0) is 14.7. The van der Waals surface area contributed by atoms with Crippen molar-refractivity contribution in [2.24, 2.45) is 5.41 Å².